The van der Waals surface area contributed by atoms with Gasteiger partial charge in [-0.05, 0) is 29.9 Å². The van der Waals surface area contributed by atoms with Crippen LogP contribution in [0, 0.1) is 0 Å². The second-order valence-corrected chi connectivity index (χ2v) is 6.29. The minimum atomic E-state index is -0.0828. The molecule has 0 bridgehead atoms. The lowest BCUT2D eigenvalue weighted by Gasteiger charge is -2.16. The number of benzene rings is 1. The Hall–Kier alpha value is -1.81. The van der Waals surface area contributed by atoms with Crippen molar-refractivity contribution in [3.63, 3.8) is 0 Å². The molecule has 3 rings (SSSR count). The van der Waals surface area contributed by atoms with Gasteiger partial charge in [-0.15, -0.1) is 11.3 Å². The van der Waals surface area contributed by atoms with Gasteiger partial charge in [0, 0.05) is 16.8 Å². The molecule has 2 aromatic rings. The van der Waals surface area contributed by atoms with E-state index in [1.807, 2.05) is 23.6 Å². The molecule has 0 atom stereocenters. The lowest BCUT2D eigenvalue weighted by molar-refractivity contribution is 0.239. The Morgan fingerprint density at radius 3 is 2.55 bits per heavy atom. The average molecular weight is 286 g/mol. The molecule has 1 saturated carbocycles. The Labute approximate surface area is 123 Å². The monoisotopic (exact) mass is 286 g/mol. The van der Waals surface area contributed by atoms with E-state index in [9.17, 15) is 4.79 Å². The SMILES string of the molecule is O=C(NCc1cccs1)NCC1(c2ccccc2)CC1. The molecule has 1 heterocycles. The number of rotatable bonds is 5. The molecule has 1 aromatic heterocycles. The molecule has 0 aliphatic heterocycles. The predicted octanol–water partition coefficient (Wildman–Crippen LogP) is 3.28. The van der Waals surface area contributed by atoms with Crippen molar-refractivity contribution in [2.75, 3.05) is 6.54 Å². The largest absolute Gasteiger partial charge is 0.337 e. The molecular formula is C16H18N2OS. The van der Waals surface area contributed by atoms with Crippen LogP contribution in [0.4, 0.5) is 4.79 Å². The van der Waals surface area contributed by atoms with E-state index in [0.29, 0.717) is 13.1 Å². The van der Waals surface area contributed by atoms with Crippen LogP contribution in [0.25, 0.3) is 0 Å². The summed E-state index contributed by atoms with van der Waals surface area (Å²) in [5, 5.41) is 7.92. The van der Waals surface area contributed by atoms with E-state index < -0.39 is 0 Å². The van der Waals surface area contributed by atoms with Crippen molar-refractivity contribution in [2.45, 2.75) is 24.8 Å². The molecule has 1 aliphatic carbocycles. The van der Waals surface area contributed by atoms with Crippen LogP contribution < -0.4 is 10.6 Å². The number of thiophene rings is 1. The van der Waals surface area contributed by atoms with Crippen molar-refractivity contribution in [2.24, 2.45) is 0 Å². The van der Waals surface area contributed by atoms with E-state index in [1.165, 1.54) is 10.4 Å². The lowest BCUT2D eigenvalue weighted by Crippen LogP contribution is -2.39. The second kappa shape index (κ2) is 5.67. The standard InChI is InChI=1S/C16H18N2OS/c19-15(17-11-14-7-4-10-20-14)18-12-16(8-9-16)13-5-2-1-3-6-13/h1-7,10H,8-9,11-12H2,(H2,17,18,19). The predicted molar refractivity (Wildman–Crippen MR) is 81.9 cm³/mol. The van der Waals surface area contributed by atoms with Gasteiger partial charge in [0.25, 0.3) is 0 Å². The number of hydrogen-bond acceptors (Lipinski definition) is 2. The summed E-state index contributed by atoms with van der Waals surface area (Å²) in [7, 11) is 0. The van der Waals surface area contributed by atoms with Gasteiger partial charge >= 0.3 is 6.03 Å². The van der Waals surface area contributed by atoms with Gasteiger partial charge in [0.05, 0.1) is 6.54 Å². The van der Waals surface area contributed by atoms with E-state index in [-0.39, 0.29) is 11.4 Å². The molecular weight excluding hydrogens is 268 g/mol. The Morgan fingerprint density at radius 1 is 1.10 bits per heavy atom. The third-order valence-electron chi connectivity index (χ3n) is 3.83. The molecule has 1 aliphatic rings. The molecule has 3 nitrogen and oxygen atoms in total. The van der Waals surface area contributed by atoms with Crippen LogP contribution >= 0.6 is 11.3 Å². The van der Waals surface area contributed by atoms with Gasteiger partial charge in [0.2, 0.25) is 0 Å². The first-order chi connectivity index (χ1) is 9.78. The first-order valence-corrected chi connectivity index (χ1v) is 7.76. The fraction of sp³-hybridized carbons (Fsp3) is 0.312. The minimum Gasteiger partial charge on any atom is -0.337 e. The summed E-state index contributed by atoms with van der Waals surface area (Å²) in [5.41, 5.74) is 1.50. The van der Waals surface area contributed by atoms with Crippen molar-refractivity contribution >= 4 is 17.4 Å². The number of nitrogens with one attached hydrogen (secondary N) is 2. The van der Waals surface area contributed by atoms with E-state index >= 15 is 0 Å². The normalized spacial score (nSPS) is 15.6. The zero-order valence-electron chi connectivity index (χ0n) is 11.3. The molecule has 104 valence electrons. The van der Waals surface area contributed by atoms with Crippen LogP contribution in [0.3, 0.4) is 0 Å². The molecule has 0 unspecified atom stereocenters. The molecule has 4 heteroatoms. The van der Waals surface area contributed by atoms with Gasteiger partial charge in [0.15, 0.2) is 0 Å². The molecule has 1 fully saturated rings. The van der Waals surface area contributed by atoms with Gasteiger partial charge in [-0.1, -0.05) is 36.4 Å². The summed E-state index contributed by atoms with van der Waals surface area (Å²) in [4.78, 5) is 13.0. The molecule has 0 saturated heterocycles. The summed E-state index contributed by atoms with van der Waals surface area (Å²) in [6.45, 7) is 1.31. The van der Waals surface area contributed by atoms with Crippen LogP contribution in [-0.4, -0.2) is 12.6 Å². The average Bonchev–Trinajstić information content (AvgIpc) is 3.11. The van der Waals surface area contributed by atoms with Crippen molar-refractivity contribution in [1.29, 1.82) is 0 Å². The molecule has 0 radical (unpaired) electrons. The quantitative estimate of drug-likeness (QED) is 0.870. The van der Waals surface area contributed by atoms with Gasteiger partial charge in [-0.3, -0.25) is 0 Å². The summed E-state index contributed by atoms with van der Waals surface area (Å²) < 4.78 is 0. The highest BCUT2D eigenvalue weighted by atomic mass is 32.1. The van der Waals surface area contributed by atoms with Crippen LogP contribution in [0.2, 0.25) is 0 Å². The molecule has 2 N–H and O–H groups in total. The van der Waals surface area contributed by atoms with Crippen LogP contribution in [0.1, 0.15) is 23.3 Å². The van der Waals surface area contributed by atoms with Crippen LogP contribution in [-0.2, 0) is 12.0 Å². The van der Waals surface area contributed by atoms with Gasteiger partial charge in [0.1, 0.15) is 0 Å². The van der Waals surface area contributed by atoms with Crippen LogP contribution in [0.15, 0.2) is 47.8 Å². The number of urea groups is 1. The lowest BCUT2D eigenvalue weighted by atomic mass is 9.96. The van der Waals surface area contributed by atoms with Gasteiger partial charge in [-0.2, -0.15) is 0 Å². The number of hydrogen-bond donors (Lipinski definition) is 2. The fourth-order valence-corrected chi connectivity index (χ4v) is 3.05. The third kappa shape index (κ3) is 3.02. The number of carbonyl (C=O) groups excluding carboxylic acids is 1. The number of amides is 2. The second-order valence-electron chi connectivity index (χ2n) is 5.26. The zero-order chi connectivity index (χ0) is 13.8. The Morgan fingerprint density at radius 2 is 1.90 bits per heavy atom. The maximum Gasteiger partial charge on any atom is 0.315 e. The first kappa shape index (κ1) is 13.2. The highest BCUT2D eigenvalue weighted by Crippen LogP contribution is 2.47. The smallest absolute Gasteiger partial charge is 0.315 e. The zero-order valence-corrected chi connectivity index (χ0v) is 12.1. The van der Waals surface area contributed by atoms with Gasteiger partial charge < -0.3 is 10.6 Å². The number of carbonyl (C=O) groups is 1. The van der Waals surface area contributed by atoms with E-state index in [2.05, 4.69) is 34.9 Å². The first-order valence-electron chi connectivity index (χ1n) is 6.88. The topological polar surface area (TPSA) is 41.1 Å². The molecule has 1 aromatic carbocycles. The Bertz CT molecular complexity index is 561. The maximum absolute atomic E-state index is 11.8. The summed E-state index contributed by atoms with van der Waals surface area (Å²) in [6, 6.07) is 14.4. The van der Waals surface area contributed by atoms with Crippen molar-refractivity contribution < 1.29 is 4.79 Å². The highest BCUT2D eigenvalue weighted by Gasteiger charge is 2.44. The van der Waals surface area contributed by atoms with E-state index in [1.54, 1.807) is 11.3 Å². The summed E-state index contributed by atoms with van der Waals surface area (Å²) >= 11 is 1.66. The third-order valence-corrected chi connectivity index (χ3v) is 4.71. The fourth-order valence-electron chi connectivity index (χ4n) is 2.40. The molecule has 20 heavy (non-hydrogen) atoms. The van der Waals surface area contributed by atoms with Crippen molar-refractivity contribution in [3.8, 4) is 0 Å². The van der Waals surface area contributed by atoms with Crippen molar-refractivity contribution in [1.82, 2.24) is 10.6 Å². The van der Waals surface area contributed by atoms with Crippen molar-refractivity contribution in [3.05, 3.63) is 58.3 Å². The molecule has 2 amide bonds. The summed E-state index contributed by atoms with van der Waals surface area (Å²) in [5.74, 6) is 0. The Balaban J connectivity index is 1.48. The highest BCUT2D eigenvalue weighted by molar-refractivity contribution is 7.09. The van der Waals surface area contributed by atoms with Gasteiger partial charge in [-0.25, -0.2) is 4.79 Å². The molecule has 0 spiro atoms. The summed E-state index contributed by atoms with van der Waals surface area (Å²) in [6.07, 6.45) is 2.31. The maximum atomic E-state index is 11.8. The Kier molecular flexibility index (Phi) is 3.74. The minimum absolute atomic E-state index is 0.0828. The van der Waals surface area contributed by atoms with Crippen LogP contribution in [0.5, 0.6) is 0 Å². The van der Waals surface area contributed by atoms with E-state index in [0.717, 1.165) is 12.8 Å². The van der Waals surface area contributed by atoms with E-state index in [4.69, 9.17) is 0 Å².